The molecule has 50 heavy (non-hydrogen) atoms. The van der Waals surface area contributed by atoms with Crippen LogP contribution in [0.2, 0.25) is 0 Å². The van der Waals surface area contributed by atoms with E-state index in [4.69, 9.17) is 9.98 Å². The Balaban J connectivity index is 1.10. The van der Waals surface area contributed by atoms with Gasteiger partial charge in [0.05, 0.1) is 22.7 Å². The molecular weight excluding hydrogens is 615 g/mol. The number of guanidine groups is 1. The molecule has 9 rings (SSSR count). The molecule has 0 amide bonds. The van der Waals surface area contributed by atoms with Crippen molar-refractivity contribution in [3.63, 3.8) is 0 Å². The molecule has 3 aliphatic rings. The number of nitrogens with zero attached hydrogens (tertiary/aromatic N) is 4. The summed E-state index contributed by atoms with van der Waals surface area (Å²) in [5.74, 6) is 1.57. The molecule has 0 fully saturated rings. The van der Waals surface area contributed by atoms with Gasteiger partial charge in [0.15, 0.2) is 6.17 Å². The van der Waals surface area contributed by atoms with Crippen molar-refractivity contribution < 1.29 is 0 Å². The van der Waals surface area contributed by atoms with Crippen LogP contribution >= 0.6 is 0 Å². The molecule has 6 aromatic rings. The summed E-state index contributed by atoms with van der Waals surface area (Å²) in [5.41, 5.74) is 12.4. The number of fused-ring (bicyclic) bond motifs is 2. The minimum absolute atomic E-state index is 0.0243. The van der Waals surface area contributed by atoms with Gasteiger partial charge in [-0.15, -0.1) is 0 Å². The highest BCUT2D eigenvalue weighted by Gasteiger charge is 2.32. The van der Waals surface area contributed by atoms with Gasteiger partial charge in [0.25, 0.3) is 0 Å². The normalized spacial score (nSPS) is 19.0. The van der Waals surface area contributed by atoms with Gasteiger partial charge in [-0.1, -0.05) is 109 Å². The van der Waals surface area contributed by atoms with Crippen LogP contribution in [0.15, 0.2) is 162 Å². The zero-order valence-electron chi connectivity index (χ0n) is 28.0. The second-order valence-corrected chi connectivity index (χ2v) is 12.9. The highest BCUT2D eigenvalue weighted by molar-refractivity contribution is 6.16. The van der Waals surface area contributed by atoms with Gasteiger partial charge in [-0.2, -0.15) is 0 Å². The van der Waals surface area contributed by atoms with Crippen molar-refractivity contribution in [2.45, 2.75) is 32.3 Å². The molecule has 0 aliphatic carbocycles. The Morgan fingerprint density at radius 2 is 1.06 bits per heavy atom. The second-order valence-electron chi connectivity index (χ2n) is 12.9. The number of benzene rings is 6. The van der Waals surface area contributed by atoms with Gasteiger partial charge < -0.3 is 20.9 Å². The fraction of sp³-hybridized carbons (Fsp3) is 0.116. The van der Waals surface area contributed by atoms with Crippen LogP contribution in [0, 0.1) is 0 Å². The first-order valence-electron chi connectivity index (χ1n) is 17.2. The van der Waals surface area contributed by atoms with Crippen molar-refractivity contribution >= 4 is 40.2 Å². The predicted molar refractivity (Wildman–Crippen MR) is 207 cm³/mol. The lowest BCUT2D eigenvalue weighted by Gasteiger charge is -2.30. The van der Waals surface area contributed by atoms with Crippen LogP contribution in [-0.4, -0.2) is 24.1 Å². The van der Waals surface area contributed by atoms with Gasteiger partial charge in [0.1, 0.15) is 18.2 Å². The molecule has 3 unspecified atom stereocenters. The largest absolute Gasteiger partial charge is 0.363 e. The highest BCUT2D eigenvalue weighted by Crippen LogP contribution is 2.42. The summed E-state index contributed by atoms with van der Waals surface area (Å²) < 4.78 is 0. The molecule has 3 aliphatic heterocycles. The standard InChI is InChI=1S/C43H37N7/c1-28-44-37-22-8-10-24-39(37)49(28)34-19-13-17-32(27-34)36-21-7-6-20-35(36)31-16-12-18-33(26-31)42-46-41(30-14-4-3-5-15-30)47-43(48-42)50-29(2)45-38-23-9-11-25-40(38)50/h3-29,42,44-45H,1-2H3,(H,46,47,48). The average Bonchev–Trinajstić information content (AvgIpc) is 3.70. The van der Waals surface area contributed by atoms with Crippen molar-refractivity contribution in [1.82, 2.24) is 5.32 Å². The molecule has 0 radical (unpaired) electrons. The molecule has 0 spiro atoms. The maximum atomic E-state index is 5.25. The molecule has 244 valence electrons. The summed E-state index contributed by atoms with van der Waals surface area (Å²) in [6.45, 7) is 4.35. The van der Waals surface area contributed by atoms with Crippen LogP contribution in [0.25, 0.3) is 22.3 Å². The van der Waals surface area contributed by atoms with E-state index < -0.39 is 6.17 Å². The van der Waals surface area contributed by atoms with Crippen molar-refractivity contribution in [2.24, 2.45) is 9.98 Å². The fourth-order valence-corrected chi connectivity index (χ4v) is 7.40. The van der Waals surface area contributed by atoms with E-state index in [-0.39, 0.29) is 12.3 Å². The smallest absolute Gasteiger partial charge is 0.208 e. The quantitative estimate of drug-likeness (QED) is 0.173. The maximum Gasteiger partial charge on any atom is 0.208 e. The third kappa shape index (κ3) is 5.24. The molecule has 7 nitrogen and oxygen atoms in total. The molecule has 0 bridgehead atoms. The number of hydrogen-bond donors (Lipinski definition) is 3. The van der Waals surface area contributed by atoms with Crippen molar-refractivity contribution in [2.75, 3.05) is 20.4 Å². The minimum atomic E-state index is -0.430. The Kier molecular flexibility index (Phi) is 7.31. The zero-order valence-corrected chi connectivity index (χ0v) is 28.0. The molecule has 3 heterocycles. The van der Waals surface area contributed by atoms with Crippen LogP contribution in [0.1, 0.15) is 31.1 Å². The highest BCUT2D eigenvalue weighted by atomic mass is 15.4. The van der Waals surface area contributed by atoms with E-state index in [1.807, 2.05) is 18.2 Å². The Morgan fingerprint density at radius 3 is 1.78 bits per heavy atom. The monoisotopic (exact) mass is 651 g/mol. The van der Waals surface area contributed by atoms with Gasteiger partial charge in [-0.25, -0.2) is 9.98 Å². The molecule has 0 saturated heterocycles. The topological polar surface area (TPSA) is 67.3 Å². The first kappa shape index (κ1) is 29.8. The van der Waals surface area contributed by atoms with Gasteiger partial charge in [-0.3, -0.25) is 4.90 Å². The van der Waals surface area contributed by atoms with E-state index in [2.05, 4.69) is 173 Å². The zero-order chi connectivity index (χ0) is 33.6. The van der Waals surface area contributed by atoms with Gasteiger partial charge in [0, 0.05) is 11.3 Å². The Morgan fingerprint density at radius 1 is 0.500 bits per heavy atom. The summed E-state index contributed by atoms with van der Waals surface area (Å²) in [4.78, 5) is 15.0. The van der Waals surface area contributed by atoms with Crippen LogP contribution in [0.3, 0.4) is 0 Å². The van der Waals surface area contributed by atoms with E-state index in [1.54, 1.807) is 0 Å². The summed E-state index contributed by atoms with van der Waals surface area (Å²) >= 11 is 0. The average molecular weight is 652 g/mol. The molecule has 6 aromatic carbocycles. The summed E-state index contributed by atoms with van der Waals surface area (Å²) in [7, 11) is 0. The number of aliphatic imine (C=N–C) groups is 2. The number of hydrogen-bond acceptors (Lipinski definition) is 7. The van der Waals surface area contributed by atoms with Gasteiger partial charge in [-0.05, 0) is 84.1 Å². The number of anilines is 5. The SMILES string of the molecule is CC1Nc2ccccc2N1C1=NC(c2cccc(-c3ccccc3-c3cccc(N4c5ccccc5NC4C)c3)c2)N=C(c2ccccc2)N1. The maximum absolute atomic E-state index is 5.25. The Hall–Kier alpha value is -6.34. The van der Waals surface area contributed by atoms with Crippen molar-refractivity contribution in [1.29, 1.82) is 0 Å². The molecule has 3 atom stereocenters. The van der Waals surface area contributed by atoms with E-state index in [0.29, 0.717) is 0 Å². The van der Waals surface area contributed by atoms with Crippen LogP contribution < -0.4 is 25.8 Å². The Labute approximate surface area is 292 Å². The van der Waals surface area contributed by atoms with Crippen molar-refractivity contribution in [3.8, 4) is 22.3 Å². The summed E-state index contributed by atoms with van der Waals surface area (Å²) in [5, 5.41) is 10.8. The van der Waals surface area contributed by atoms with E-state index in [1.165, 1.54) is 16.8 Å². The second kappa shape index (κ2) is 12.3. The minimum Gasteiger partial charge on any atom is -0.363 e. The van der Waals surface area contributed by atoms with Crippen LogP contribution in [0.4, 0.5) is 28.4 Å². The molecular formula is C43H37N7. The number of amidine groups is 1. The fourth-order valence-electron chi connectivity index (χ4n) is 7.40. The lowest BCUT2D eigenvalue weighted by atomic mass is 9.93. The summed E-state index contributed by atoms with van der Waals surface area (Å²) in [6, 6.07) is 53.3. The first-order chi connectivity index (χ1) is 24.6. The third-order valence-corrected chi connectivity index (χ3v) is 9.69. The Bertz CT molecular complexity index is 2280. The van der Waals surface area contributed by atoms with E-state index in [9.17, 15) is 0 Å². The molecule has 3 N–H and O–H groups in total. The third-order valence-electron chi connectivity index (χ3n) is 9.69. The van der Waals surface area contributed by atoms with Crippen molar-refractivity contribution in [3.05, 3.63) is 163 Å². The predicted octanol–water partition coefficient (Wildman–Crippen LogP) is 9.61. The van der Waals surface area contributed by atoms with E-state index >= 15 is 0 Å². The number of para-hydroxylation sites is 4. The molecule has 0 aromatic heterocycles. The lowest BCUT2D eigenvalue weighted by molar-refractivity contribution is 0.734. The van der Waals surface area contributed by atoms with Crippen LogP contribution in [0.5, 0.6) is 0 Å². The van der Waals surface area contributed by atoms with Gasteiger partial charge in [0.2, 0.25) is 5.96 Å². The van der Waals surface area contributed by atoms with E-state index in [0.717, 1.165) is 56.8 Å². The summed E-state index contributed by atoms with van der Waals surface area (Å²) in [6.07, 6.45) is -0.253. The molecule has 0 saturated carbocycles. The van der Waals surface area contributed by atoms with Crippen LogP contribution in [-0.2, 0) is 0 Å². The number of rotatable bonds is 5. The van der Waals surface area contributed by atoms with Gasteiger partial charge >= 0.3 is 0 Å². The number of nitrogens with one attached hydrogen (secondary N) is 3. The first-order valence-corrected chi connectivity index (χ1v) is 17.2. The molecule has 7 heteroatoms. The lowest BCUT2D eigenvalue weighted by Crippen LogP contribution is -2.50.